The van der Waals surface area contributed by atoms with E-state index in [0.717, 1.165) is 27.9 Å². The lowest BCUT2D eigenvalue weighted by molar-refractivity contribution is 0.598. The molecule has 2 aromatic heterocycles. The van der Waals surface area contributed by atoms with Crippen molar-refractivity contribution >= 4 is 42.5 Å². The summed E-state index contributed by atoms with van der Waals surface area (Å²) < 4.78 is 54.0. The van der Waals surface area contributed by atoms with Crippen LogP contribution in [-0.4, -0.2) is 42.3 Å². The number of nitrogens with zero attached hydrogens (tertiary/aromatic N) is 2. The summed E-state index contributed by atoms with van der Waals surface area (Å²) in [6, 6.07) is 16.3. The number of rotatable bonds is 8. The number of fused-ring (bicyclic) bond motifs is 1. The molecule has 0 radical (unpaired) electrons. The third kappa shape index (κ3) is 4.48. The Kier molecular flexibility index (Phi) is 5.08. The van der Waals surface area contributed by atoms with Crippen molar-refractivity contribution in [2.45, 2.75) is 36.2 Å². The largest absolute Gasteiger partial charge is 0.339 e. The van der Waals surface area contributed by atoms with Gasteiger partial charge in [-0.25, -0.2) is 26.8 Å². The van der Waals surface area contributed by atoms with Crippen LogP contribution < -0.4 is 9.44 Å². The van der Waals surface area contributed by atoms with Gasteiger partial charge in [0, 0.05) is 28.0 Å². The van der Waals surface area contributed by atoms with Gasteiger partial charge in [0.05, 0.1) is 16.2 Å². The Bertz CT molecular complexity index is 1620. The van der Waals surface area contributed by atoms with Crippen molar-refractivity contribution in [3.63, 3.8) is 0 Å². The molecule has 0 unspecified atom stereocenters. The van der Waals surface area contributed by atoms with Gasteiger partial charge in [-0.15, -0.1) is 0 Å². The first-order valence-corrected chi connectivity index (χ1v) is 14.5. The molecule has 4 aromatic rings. The molecule has 2 aromatic carbocycles. The maximum atomic E-state index is 12.2. The fourth-order valence-corrected chi connectivity index (χ4v) is 6.77. The summed E-state index contributed by atoms with van der Waals surface area (Å²) in [6.07, 6.45) is 4.33. The predicted octanol–water partition coefficient (Wildman–Crippen LogP) is 4.10. The first kappa shape index (κ1) is 22.1. The normalized spacial score (nSPS) is 16.3. The summed E-state index contributed by atoms with van der Waals surface area (Å²) in [6.45, 7) is 0. The number of benzene rings is 2. The topological polar surface area (TPSA) is 134 Å². The van der Waals surface area contributed by atoms with Crippen LogP contribution >= 0.6 is 0 Å². The van der Waals surface area contributed by atoms with E-state index in [1.165, 1.54) is 6.33 Å². The van der Waals surface area contributed by atoms with E-state index in [1.54, 1.807) is 24.3 Å². The first-order chi connectivity index (χ1) is 16.8. The summed E-state index contributed by atoms with van der Waals surface area (Å²) >= 11 is 0. The molecule has 2 aliphatic carbocycles. The molecular formula is C24H23N5O4S2. The van der Waals surface area contributed by atoms with Gasteiger partial charge in [0.2, 0.25) is 20.0 Å². The third-order valence-electron chi connectivity index (χ3n) is 6.23. The molecule has 9 nitrogen and oxygen atoms in total. The van der Waals surface area contributed by atoms with Gasteiger partial charge >= 0.3 is 0 Å². The molecule has 35 heavy (non-hydrogen) atoms. The van der Waals surface area contributed by atoms with Crippen LogP contribution in [0.3, 0.4) is 0 Å². The molecule has 0 atom stereocenters. The number of H-pyrrole nitrogens is 1. The van der Waals surface area contributed by atoms with Gasteiger partial charge in [-0.05, 0) is 61.6 Å². The van der Waals surface area contributed by atoms with Crippen LogP contribution in [-0.2, 0) is 20.0 Å². The van der Waals surface area contributed by atoms with Crippen molar-refractivity contribution in [1.82, 2.24) is 15.0 Å². The van der Waals surface area contributed by atoms with E-state index in [9.17, 15) is 16.8 Å². The minimum atomic E-state index is -3.31. The van der Waals surface area contributed by atoms with Gasteiger partial charge in [0.15, 0.2) is 0 Å². The van der Waals surface area contributed by atoms with Crippen LogP contribution in [0.4, 0.5) is 11.4 Å². The van der Waals surface area contributed by atoms with Crippen LogP contribution in [0.15, 0.2) is 60.9 Å². The van der Waals surface area contributed by atoms with Crippen LogP contribution in [0.2, 0.25) is 0 Å². The molecule has 0 amide bonds. The zero-order chi connectivity index (χ0) is 24.2. The Morgan fingerprint density at radius 1 is 0.714 bits per heavy atom. The monoisotopic (exact) mass is 509 g/mol. The molecule has 2 aliphatic rings. The fraction of sp³-hybridized carbons (Fsp3) is 0.250. The molecule has 2 fully saturated rings. The molecule has 2 saturated carbocycles. The molecular weight excluding hydrogens is 486 g/mol. The van der Waals surface area contributed by atoms with E-state index in [0.29, 0.717) is 42.7 Å². The SMILES string of the molecule is O=S(=O)(Nc1ccc(-c2cc3c(-c4ccc(NS(=O)(=O)C5CC5)cc4)ncnc3[nH]2)cc1)C1CC1. The molecule has 0 aliphatic heterocycles. The summed E-state index contributed by atoms with van der Waals surface area (Å²) in [7, 11) is -6.62. The molecule has 0 bridgehead atoms. The summed E-state index contributed by atoms with van der Waals surface area (Å²) in [5.74, 6) is 0. The van der Waals surface area contributed by atoms with E-state index in [4.69, 9.17) is 0 Å². The summed E-state index contributed by atoms with van der Waals surface area (Å²) in [4.78, 5) is 12.1. The number of anilines is 2. The van der Waals surface area contributed by atoms with Crippen LogP contribution in [0.5, 0.6) is 0 Å². The molecule has 3 N–H and O–H groups in total. The van der Waals surface area contributed by atoms with Crippen molar-refractivity contribution in [2.24, 2.45) is 0 Å². The van der Waals surface area contributed by atoms with Gasteiger partial charge < -0.3 is 4.98 Å². The van der Waals surface area contributed by atoms with Gasteiger partial charge in [-0.1, -0.05) is 24.3 Å². The second-order valence-corrected chi connectivity index (χ2v) is 12.9. The highest BCUT2D eigenvalue weighted by Gasteiger charge is 2.36. The van der Waals surface area contributed by atoms with Crippen molar-refractivity contribution in [3.05, 3.63) is 60.9 Å². The molecule has 180 valence electrons. The standard InChI is InChI=1S/C24H23N5O4S2/c30-34(31,19-9-10-19)28-17-5-1-15(2-6-17)22-13-21-23(25-14-26-24(21)27-22)16-3-7-18(8-4-16)29-35(32,33)20-11-12-20/h1-8,13-14,19-20,28-29H,9-12H2,(H,25,26,27). The van der Waals surface area contributed by atoms with E-state index in [2.05, 4.69) is 24.4 Å². The van der Waals surface area contributed by atoms with Crippen molar-refractivity contribution in [2.75, 3.05) is 9.44 Å². The highest BCUT2D eigenvalue weighted by molar-refractivity contribution is 7.93. The van der Waals surface area contributed by atoms with Gasteiger partial charge in [-0.2, -0.15) is 0 Å². The Morgan fingerprint density at radius 3 is 1.74 bits per heavy atom. The van der Waals surface area contributed by atoms with Crippen LogP contribution in [0.25, 0.3) is 33.5 Å². The third-order valence-corrected chi connectivity index (χ3v) is 9.97. The van der Waals surface area contributed by atoms with E-state index in [1.807, 2.05) is 30.3 Å². The molecule has 6 rings (SSSR count). The minimum Gasteiger partial charge on any atom is -0.339 e. The molecule has 2 heterocycles. The number of nitrogens with one attached hydrogen (secondary N) is 3. The summed E-state index contributed by atoms with van der Waals surface area (Å²) in [5, 5.41) is 0.266. The average molecular weight is 510 g/mol. The smallest absolute Gasteiger partial charge is 0.235 e. The lowest BCUT2D eigenvalue weighted by atomic mass is 10.1. The van der Waals surface area contributed by atoms with Gasteiger partial charge in [0.25, 0.3) is 0 Å². The Morgan fingerprint density at radius 2 is 1.23 bits per heavy atom. The van der Waals surface area contributed by atoms with Crippen LogP contribution in [0.1, 0.15) is 25.7 Å². The number of aromatic nitrogens is 3. The fourth-order valence-electron chi connectivity index (χ4n) is 3.99. The highest BCUT2D eigenvalue weighted by Crippen LogP contribution is 2.33. The minimum absolute atomic E-state index is 0.277. The second-order valence-electron chi connectivity index (χ2n) is 9.02. The lowest BCUT2D eigenvalue weighted by Gasteiger charge is -2.08. The second kappa shape index (κ2) is 8.06. The van der Waals surface area contributed by atoms with Crippen molar-refractivity contribution < 1.29 is 16.8 Å². The number of hydrogen-bond donors (Lipinski definition) is 3. The quantitative estimate of drug-likeness (QED) is 0.327. The van der Waals surface area contributed by atoms with E-state index >= 15 is 0 Å². The number of sulfonamides is 2. The van der Waals surface area contributed by atoms with Crippen LogP contribution in [0, 0.1) is 0 Å². The molecule has 0 saturated heterocycles. The Labute approximate surface area is 203 Å². The molecule has 11 heteroatoms. The number of aromatic amines is 1. The maximum absolute atomic E-state index is 12.2. The summed E-state index contributed by atoms with van der Waals surface area (Å²) in [5.41, 5.74) is 5.00. The highest BCUT2D eigenvalue weighted by atomic mass is 32.2. The average Bonchev–Trinajstić information content (AvgIpc) is 3.74. The van der Waals surface area contributed by atoms with Crippen molar-refractivity contribution in [3.8, 4) is 22.5 Å². The van der Waals surface area contributed by atoms with Crippen molar-refractivity contribution in [1.29, 1.82) is 0 Å². The van der Waals surface area contributed by atoms with E-state index < -0.39 is 20.0 Å². The Balaban J connectivity index is 1.26. The van der Waals surface area contributed by atoms with Gasteiger partial charge in [0.1, 0.15) is 12.0 Å². The predicted molar refractivity (Wildman–Crippen MR) is 136 cm³/mol. The number of hydrogen-bond acceptors (Lipinski definition) is 6. The maximum Gasteiger partial charge on any atom is 0.235 e. The Hall–Kier alpha value is -3.44. The van der Waals surface area contributed by atoms with Gasteiger partial charge in [-0.3, -0.25) is 9.44 Å². The molecule has 0 spiro atoms. The first-order valence-electron chi connectivity index (χ1n) is 11.4. The zero-order valence-corrected chi connectivity index (χ0v) is 20.2. The zero-order valence-electron chi connectivity index (χ0n) is 18.6. The van der Waals surface area contributed by atoms with E-state index in [-0.39, 0.29) is 10.5 Å². The lowest BCUT2D eigenvalue weighted by Crippen LogP contribution is -2.17.